The summed E-state index contributed by atoms with van der Waals surface area (Å²) in [6.45, 7) is 9.21. The summed E-state index contributed by atoms with van der Waals surface area (Å²) < 4.78 is 16.4. The second-order valence-corrected chi connectivity index (χ2v) is 10.4. The molecule has 11 heteroatoms. The fourth-order valence-electron chi connectivity index (χ4n) is 3.93. The number of aliphatic imine (C=N–C) groups is 1. The van der Waals surface area contributed by atoms with Gasteiger partial charge in [-0.25, -0.2) is 4.79 Å². The summed E-state index contributed by atoms with van der Waals surface area (Å²) in [6.07, 6.45) is 3.20. The van der Waals surface area contributed by atoms with Crippen LogP contribution in [0, 0.1) is 0 Å². The molecule has 1 aliphatic rings. The Labute approximate surface area is 217 Å². The number of nitrogens with one attached hydrogen (secondary N) is 3. The van der Waals surface area contributed by atoms with E-state index in [-0.39, 0.29) is 41.7 Å². The average molecular weight is 516 g/mol. The maximum absolute atomic E-state index is 12.5. The van der Waals surface area contributed by atoms with Crippen LogP contribution in [-0.2, 0) is 9.53 Å². The van der Waals surface area contributed by atoms with E-state index in [0.29, 0.717) is 23.6 Å². The number of methoxy groups -OCH3 is 1. The molecule has 1 saturated carbocycles. The van der Waals surface area contributed by atoms with Gasteiger partial charge < -0.3 is 30.0 Å². The van der Waals surface area contributed by atoms with E-state index >= 15 is 0 Å². The van der Waals surface area contributed by atoms with E-state index in [1.807, 2.05) is 34.6 Å². The number of alkyl carbamates (subject to hydrolysis) is 1. The van der Waals surface area contributed by atoms with Crippen molar-refractivity contribution >= 4 is 24.0 Å². The van der Waals surface area contributed by atoms with Crippen LogP contribution < -0.4 is 20.1 Å². The summed E-state index contributed by atoms with van der Waals surface area (Å²) in [5.41, 5.74) is 0.868. The number of amides is 2. The number of hydrogen-bond acceptors (Lipinski definition) is 8. The predicted octanol–water partition coefficient (Wildman–Crippen LogP) is 4.13. The maximum Gasteiger partial charge on any atom is 0.407 e. The van der Waals surface area contributed by atoms with E-state index < -0.39 is 12.0 Å². The molecule has 4 N–H and O–H groups in total. The van der Waals surface area contributed by atoms with E-state index in [1.54, 1.807) is 12.1 Å². The number of aromatic hydroxyl groups is 1. The second kappa shape index (κ2) is 12.0. The zero-order chi connectivity index (χ0) is 27.2. The first-order valence-corrected chi connectivity index (χ1v) is 12.3. The normalized spacial score (nSPS) is 17.7. The first-order valence-electron chi connectivity index (χ1n) is 12.3. The van der Waals surface area contributed by atoms with E-state index in [0.717, 1.165) is 18.5 Å². The van der Waals surface area contributed by atoms with Gasteiger partial charge in [0.15, 0.2) is 12.4 Å². The molecule has 0 spiro atoms. The third-order valence-corrected chi connectivity index (χ3v) is 5.63. The molecule has 1 fully saturated rings. The number of phenolic OH excluding ortho intramolecular Hbond substituents is 1. The highest BCUT2D eigenvalue weighted by molar-refractivity contribution is 5.92. The minimum absolute atomic E-state index is 0.0221. The molecule has 0 saturated heterocycles. The molecule has 0 bridgehead atoms. The van der Waals surface area contributed by atoms with Gasteiger partial charge in [-0.1, -0.05) is 0 Å². The standard InChI is InChI=1S/C26H37N5O6/c1-15(2)27-13-19-21(32)10-18(35-6)11-22(19)36-14-24(33)28-23-12-20(30-31-23)16-7-8-17(9-16)37-25(34)29-26(3,4)5/h10-13,15-17,32H,7-9,14H2,1-6H3,(H,29,34)(H2,28,30,31,33)/b27-13+/t16-,17+/m0/s1. The number of carbonyl (C=O) groups is 2. The number of benzene rings is 1. The van der Waals surface area contributed by atoms with Crippen LogP contribution in [0.1, 0.15) is 71.1 Å². The van der Waals surface area contributed by atoms with Crippen LogP contribution in [0.2, 0.25) is 0 Å². The molecule has 1 aromatic carbocycles. The third-order valence-electron chi connectivity index (χ3n) is 5.63. The Morgan fingerprint density at radius 1 is 1.27 bits per heavy atom. The first-order chi connectivity index (χ1) is 17.4. The number of rotatable bonds is 9. The summed E-state index contributed by atoms with van der Waals surface area (Å²) >= 11 is 0. The number of carbonyl (C=O) groups excluding carboxylic acids is 2. The lowest BCUT2D eigenvalue weighted by Gasteiger charge is -2.22. The summed E-state index contributed by atoms with van der Waals surface area (Å²) in [6, 6.07) is 4.84. The van der Waals surface area contributed by atoms with E-state index in [1.165, 1.54) is 19.4 Å². The van der Waals surface area contributed by atoms with Gasteiger partial charge in [-0.3, -0.25) is 14.9 Å². The van der Waals surface area contributed by atoms with E-state index in [9.17, 15) is 14.7 Å². The van der Waals surface area contributed by atoms with Crippen molar-refractivity contribution in [2.24, 2.45) is 4.99 Å². The molecule has 0 unspecified atom stereocenters. The van der Waals surface area contributed by atoms with Gasteiger partial charge in [0.25, 0.3) is 5.91 Å². The molecule has 2 atom stereocenters. The smallest absolute Gasteiger partial charge is 0.407 e. The van der Waals surface area contributed by atoms with E-state index in [2.05, 4.69) is 25.8 Å². The molecule has 2 amide bonds. The fourth-order valence-corrected chi connectivity index (χ4v) is 3.93. The average Bonchev–Trinajstić information content (AvgIpc) is 3.44. The van der Waals surface area contributed by atoms with Crippen LogP contribution in [0.4, 0.5) is 10.6 Å². The van der Waals surface area contributed by atoms with Gasteiger partial charge in [-0.2, -0.15) is 5.10 Å². The molecule has 3 rings (SSSR count). The number of hydrogen-bond donors (Lipinski definition) is 4. The van der Waals surface area contributed by atoms with Gasteiger partial charge >= 0.3 is 6.09 Å². The highest BCUT2D eigenvalue weighted by Gasteiger charge is 2.30. The third kappa shape index (κ3) is 8.40. The van der Waals surface area contributed by atoms with Gasteiger partial charge in [0, 0.05) is 47.6 Å². The largest absolute Gasteiger partial charge is 0.507 e. The predicted molar refractivity (Wildman–Crippen MR) is 140 cm³/mol. The summed E-state index contributed by atoms with van der Waals surface area (Å²) in [5.74, 6) is 0.690. The molecule has 202 valence electrons. The van der Waals surface area contributed by atoms with Crippen LogP contribution in [0.25, 0.3) is 0 Å². The van der Waals surface area contributed by atoms with Gasteiger partial charge in [0.2, 0.25) is 0 Å². The topological polar surface area (TPSA) is 147 Å². The Bertz CT molecular complexity index is 1120. The highest BCUT2D eigenvalue weighted by atomic mass is 16.6. The lowest BCUT2D eigenvalue weighted by Crippen LogP contribution is -2.42. The van der Waals surface area contributed by atoms with Crippen molar-refractivity contribution < 1.29 is 28.9 Å². The molecule has 1 aromatic heterocycles. The van der Waals surface area contributed by atoms with Crippen molar-refractivity contribution in [1.29, 1.82) is 0 Å². The zero-order valence-corrected chi connectivity index (χ0v) is 22.3. The molecule has 37 heavy (non-hydrogen) atoms. The Morgan fingerprint density at radius 3 is 2.70 bits per heavy atom. The minimum atomic E-state index is -0.418. The second-order valence-electron chi connectivity index (χ2n) is 10.4. The Morgan fingerprint density at radius 2 is 2.03 bits per heavy atom. The lowest BCUT2D eigenvalue weighted by atomic mass is 10.0. The molecule has 0 aliphatic heterocycles. The number of phenols is 1. The van der Waals surface area contributed by atoms with Crippen LogP contribution >= 0.6 is 0 Å². The number of nitrogens with zero attached hydrogens (tertiary/aromatic N) is 2. The molecule has 1 aliphatic carbocycles. The monoisotopic (exact) mass is 515 g/mol. The first kappa shape index (κ1) is 27.8. The van der Waals surface area contributed by atoms with Crippen molar-refractivity contribution in [2.45, 2.75) is 77.5 Å². The zero-order valence-electron chi connectivity index (χ0n) is 22.3. The number of ether oxygens (including phenoxy) is 3. The quantitative estimate of drug-likeness (QED) is 0.367. The Kier molecular flexibility index (Phi) is 9.01. The molecule has 11 nitrogen and oxygen atoms in total. The van der Waals surface area contributed by atoms with Gasteiger partial charge in [0.05, 0.1) is 12.7 Å². The van der Waals surface area contributed by atoms with Crippen molar-refractivity contribution in [1.82, 2.24) is 15.5 Å². The fraction of sp³-hybridized carbons (Fsp3) is 0.538. The van der Waals surface area contributed by atoms with Crippen LogP contribution in [-0.4, -0.2) is 64.9 Å². The van der Waals surface area contributed by atoms with Crippen LogP contribution in [0.5, 0.6) is 17.2 Å². The number of anilines is 1. The number of aromatic amines is 1. The van der Waals surface area contributed by atoms with Crippen molar-refractivity contribution in [3.8, 4) is 17.2 Å². The van der Waals surface area contributed by atoms with Crippen molar-refractivity contribution in [3.05, 3.63) is 29.5 Å². The van der Waals surface area contributed by atoms with Gasteiger partial charge in [0.1, 0.15) is 23.4 Å². The number of aromatic nitrogens is 2. The molecule has 2 aromatic rings. The molecular formula is C26H37N5O6. The summed E-state index contributed by atoms with van der Waals surface area (Å²) in [5, 5.41) is 23.0. The van der Waals surface area contributed by atoms with Gasteiger partial charge in [-0.15, -0.1) is 0 Å². The number of H-pyrrole nitrogens is 1. The maximum atomic E-state index is 12.5. The van der Waals surface area contributed by atoms with Gasteiger partial charge in [-0.05, 0) is 53.9 Å². The molecule has 0 radical (unpaired) electrons. The van der Waals surface area contributed by atoms with Crippen LogP contribution in [0.15, 0.2) is 23.2 Å². The molecular weight excluding hydrogens is 478 g/mol. The highest BCUT2D eigenvalue weighted by Crippen LogP contribution is 2.36. The Hall–Kier alpha value is -3.76. The minimum Gasteiger partial charge on any atom is -0.507 e. The summed E-state index contributed by atoms with van der Waals surface area (Å²) in [7, 11) is 1.47. The van der Waals surface area contributed by atoms with Crippen LogP contribution in [0.3, 0.4) is 0 Å². The SMILES string of the molecule is COc1cc(O)c(/C=N/C(C)C)c(OCC(=O)Nc2cc([C@H]3CC[C@@H](OC(=O)NC(C)(C)C)C3)[nH]n2)c1. The Balaban J connectivity index is 1.55. The summed E-state index contributed by atoms with van der Waals surface area (Å²) in [4.78, 5) is 28.9. The molecule has 1 heterocycles. The van der Waals surface area contributed by atoms with E-state index in [4.69, 9.17) is 14.2 Å². The lowest BCUT2D eigenvalue weighted by molar-refractivity contribution is -0.118. The van der Waals surface area contributed by atoms with Crippen molar-refractivity contribution in [2.75, 3.05) is 19.0 Å². The van der Waals surface area contributed by atoms with Crippen molar-refractivity contribution in [3.63, 3.8) is 0 Å².